The summed E-state index contributed by atoms with van der Waals surface area (Å²) in [6.45, 7) is 42.0. The molecule has 0 aromatic rings. The van der Waals surface area contributed by atoms with Crippen LogP contribution < -0.4 is 0 Å². The zero-order valence-corrected chi connectivity index (χ0v) is 38.6. The van der Waals surface area contributed by atoms with Crippen LogP contribution in [0.25, 0.3) is 0 Å². The van der Waals surface area contributed by atoms with Crippen LogP contribution in [-0.4, -0.2) is 77.4 Å². The molecule has 320 valence electrons. The van der Waals surface area contributed by atoms with Crippen LogP contribution >= 0.6 is 0 Å². The van der Waals surface area contributed by atoms with Gasteiger partial charge in [-0.1, -0.05) is 132 Å². The molecule has 9 nitrogen and oxygen atoms in total. The first kappa shape index (κ1) is 52.3. The number of ether oxygens (including phenoxy) is 6. The second kappa shape index (κ2) is 21.7. The number of hydrogen-bond donors (Lipinski definition) is 0. The minimum Gasteiger partial charge on any atom is -0.463 e. The smallest absolute Gasteiger partial charge is 0.309 e. The van der Waals surface area contributed by atoms with Gasteiger partial charge in [0, 0.05) is 5.41 Å². The molecular formula is C45H86O9. The van der Waals surface area contributed by atoms with E-state index in [4.69, 9.17) is 28.4 Å². The third-order valence-corrected chi connectivity index (χ3v) is 9.83. The minimum absolute atomic E-state index is 0.00764. The van der Waals surface area contributed by atoms with Crippen molar-refractivity contribution in [2.75, 3.05) is 59.5 Å². The van der Waals surface area contributed by atoms with Crippen LogP contribution in [0.15, 0.2) is 0 Å². The molecule has 0 saturated carbocycles. The predicted octanol–water partition coefficient (Wildman–Crippen LogP) is 10.4. The Morgan fingerprint density at radius 1 is 0.389 bits per heavy atom. The quantitative estimate of drug-likeness (QED) is 0.0604. The topological polar surface area (TPSA) is 107 Å². The molecule has 0 heterocycles. The molecule has 54 heavy (non-hydrogen) atoms. The average molecular weight is 771 g/mol. The van der Waals surface area contributed by atoms with E-state index in [1.807, 2.05) is 0 Å². The molecule has 0 aromatic heterocycles. The highest BCUT2D eigenvalue weighted by molar-refractivity contribution is 5.74. The van der Waals surface area contributed by atoms with Crippen LogP contribution in [-0.2, 0) is 42.8 Å². The SMILES string of the molecule is CCC(COCCOC(=O)C(CC(C)(C)C)C(C)(C)C)(COCCOC(=O)C(CC(C)(C)C)C(C)(C)C)COCCOC(=O)C(CC(C)(C)C)C(C)(C)C. The van der Waals surface area contributed by atoms with Crippen LogP contribution in [0.1, 0.15) is 157 Å². The number of hydrogen-bond acceptors (Lipinski definition) is 9. The molecule has 9 heteroatoms. The molecule has 0 N–H and O–H groups in total. The molecule has 0 bridgehead atoms. The van der Waals surface area contributed by atoms with Crippen LogP contribution in [0.3, 0.4) is 0 Å². The van der Waals surface area contributed by atoms with Gasteiger partial charge in [0.15, 0.2) is 0 Å². The van der Waals surface area contributed by atoms with E-state index in [9.17, 15) is 14.4 Å². The molecule has 0 aromatic carbocycles. The van der Waals surface area contributed by atoms with E-state index in [2.05, 4.69) is 132 Å². The normalized spacial score (nSPS) is 16.3. The Hall–Kier alpha value is -1.71. The molecule has 0 radical (unpaired) electrons. The van der Waals surface area contributed by atoms with Gasteiger partial charge < -0.3 is 28.4 Å². The summed E-state index contributed by atoms with van der Waals surface area (Å²) in [5, 5.41) is 0. The summed E-state index contributed by atoms with van der Waals surface area (Å²) in [5.41, 5.74) is -1.22. The highest BCUT2D eigenvalue weighted by atomic mass is 16.6. The maximum Gasteiger partial charge on any atom is 0.309 e. The Morgan fingerprint density at radius 3 is 0.778 bits per heavy atom. The van der Waals surface area contributed by atoms with Gasteiger partial charge in [-0.25, -0.2) is 0 Å². The summed E-state index contributed by atoms with van der Waals surface area (Å²) in [6, 6.07) is 0. The lowest BCUT2D eigenvalue weighted by atomic mass is 9.72. The van der Waals surface area contributed by atoms with Crippen molar-refractivity contribution in [1.29, 1.82) is 0 Å². The van der Waals surface area contributed by atoms with Crippen molar-refractivity contribution < 1.29 is 42.8 Å². The van der Waals surface area contributed by atoms with Gasteiger partial charge in [0.2, 0.25) is 0 Å². The number of carbonyl (C=O) groups excluding carboxylic acids is 3. The standard InChI is InChI=1S/C45H86O9/c1-20-45(30-49-21-24-52-36(46)33(42(11,12)13)27-39(2,3)4,31-50-22-25-53-37(47)34(43(14,15)16)28-40(5,6)7)32-51-23-26-54-38(48)35(44(17,18)19)29-41(8,9)10/h33-35H,20-32H2,1-19H3. The van der Waals surface area contributed by atoms with E-state index < -0.39 is 5.41 Å². The number of esters is 3. The fourth-order valence-electron chi connectivity index (χ4n) is 6.27. The van der Waals surface area contributed by atoms with Gasteiger partial charge in [-0.15, -0.1) is 0 Å². The number of carbonyl (C=O) groups is 3. The van der Waals surface area contributed by atoms with E-state index >= 15 is 0 Å². The van der Waals surface area contributed by atoms with Crippen LogP contribution in [0.2, 0.25) is 0 Å². The second-order valence-electron chi connectivity index (χ2n) is 22.6. The first-order chi connectivity index (χ1) is 24.2. The first-order valence-electron chi connectivity index (χ1n) is 20.5. The Balaban J connectivity index is 5.52. The second-order valence-corrected chi connectivity index (χ2v) is 22.6. The average Bonchev–Trinajstić information content (AvgIpc) is 2.97. The molecule has 0 aliphatic carbocycles. The Labute approximate surface area is 332 Å². The molecule has 0 rings (SSSR count). The summed E-state index contributed by atoms with van der Waals surface area (Å²) >= 11 is 0. The molecule has 0 fully saturated rings. The summed E-state index contributed by atoms with van der Waals surface area (Å²) < 4.78 is 35.5. The van der Waals surface area contributed by atoms with Crippen molar-refractivity contribution in [3.63, 3.8) is 0 Å². The lowest BCUT2D eigenvalue weighted by molar-refractivity contribution is -0.157. The molecule has 0 aliphatic heterocycles. The Morgan fingerprint density at radius 2 is 0.611 bits per heavy atom. The van der Waals surface area contributed by atoms with Crippen molar-refractivity contribution in [3.8, 4) is 0 Å². The molecule has 0 aliphatic rings. The summed E-state index contributed by atoms with van der Waals surface area (Å²) in [4.78, 5) is 39.4. The van der Waals surface area contributed by atoms with Crippen LogP contribution in [0, 0.1) is 55.7 Å². The van der Waals surface area contributed by atoms with Crippen LogP contribution in [0.4, 0.5) is 0 Å². The molecule has 0 saturated heterocycles. The van der Waals surface area contributed by atoms with Crippen molar-refractivity contribution in [3.05, 3.63) is 0 Å². The van der Waals surface area contributed by atoms with Gasteiger partial charge >= 0.3 is 17.9 Å². The zero-order chi connectivity index (χ0) is 42.4. The molecule has 0 spiro atoms. The first-order valence-corrected chi connectivity index (χ1v) is 20.5. The molecule has 0 amide bonds. The van der Waals surface area contributed by atoms with E-state index in [0.29, 0.717) is 26.2 Å². The van der Waals surface area contributed by atoms with Crippen molar-refractivity contribution in [2.24, 2.45) is 55.7 Å². The monoisotopic (exact) mass is 771 g/mol. The lowest BCUT2D eigenvalue weighted by Crippen LogP contribution is -2.39. The predicted molar refractivity (Wildman–Crippen MR) is 219 cm³/mol. The minimum atomic E-state index is -0.529. The Bertz CT molecular complexity index is 965. The summed E-state index contributed by atoms with van der Waals surface area (Å²) in [7, 11) is 0. The largest absolute Gasteiger partial charge is 0.463 e. The van der Waals surface area contributed by atoms with Crippen molar-refractivity contribution in [2.45, 2.75) is 157 Å². The Kier molecular flexibility index (Phi) is 21.0. The maximum absolute atomic E-state index is 13.1. The van der Waals surface area contributed by atoms with Gasteiger partial charge in [-0.2, -0.15) is 0 Å². The zero-order valence-electron chi connectivity index (χ0n) is 38.6. The van der Waals surface area contributed by atoms with Gasteiger partial charge in [0.05, 0.1) is 57.4 Å². The molecule has 3 atom stereocenters. The van der Waals surface area contributed by atoms with E-state index in [0.717, 1.165) is 19.3 Å². The maximum atomic E-state index is 13.1. The third-order valence-electron chi connectivity index (χ3n) is 9.83. The highest BCUT2D eigenvalue weighted by Crippen LogP contribution is 2.39. The molecule has 3 unspecified atom stereocenters. The highest BCUT2D eigenvalue weighted by Gasteiger charge is 2.38. The van der Waals surface area contributed by atoms with Gasteiger partial charge in [-0.05, 0) is 58.2 Å². The van der Waals surface area contributed by atoms with Gasteiger partial charge in [-0.3, -0.25) is 14.4 Å². The van der Waals surface area contributed by atoms with Crippen molar-refractivity contribution >= 4 is 17.9 Å². The fourth-order valence-corrected chi connectivity index (χ4v) is 6.27. The van der Waals surface area contributed by atoms with Gasteiger partial charge in [0.25, 0.3) is 0 Å². The summed E-state index contributed by atoms with van der Waals surface area (Å²) in [6.07, 6.45) is 2.87. The van der Waals surface area contributed by atoms with Crippen molar-refractivity contribution in [1.82, 2.24) is 0 Å². The fraction of sp³-hybridized carbons (Fsp3) is 0.933. The third kappa shape index (κ3) is 22.7. The summed E-state index contributed by atoms with van der Waals surface area (Å²) in [5.74, 6) is -1.28. The molecular weight excluding hydrogens is 684 g/mol. The van der Waals surface area contributed by atoms with E-state index in [1.54, 1.807) is 0 Å². The lowest BCUT2D eigenvalue weighted by Gasteiger charge is -2.34. The van der Waals surface area contributed by atoms with E-state index in [-0.39, 0.29) is 108 Å². The van der Waals surface area contributed by atoms with E-state index in [1.165, 1.54) is 0 Å². The van der Waals surface area contributed by atoms with Gasteiger partial charge in [0.1, 0.15) is 19.8 Å². The number of rotatable bonds is 22. The van der Waals surface area contributed by atoms with Crippen LogP contribution in [0.5, 0.6) is 0 Å².